The molecule has 1 aliphatic heterocycles. The maximum absolute atomic E-state index is 12.4. The Balaban J connectivity index is 1.40. The number of nitrogens with one attached hydrogen (secondary N) is 1. The Morgan fingerprint density at radius 1 is 1.13 bits per heavy atom. The minimum Gasteiger partial charge on any atom is -0.355 e. The average molecular weight is 456 g/mol. The third-order valence-electron chi connectivity index (χ3n) is 5.25. The molecule has 2 aromatic carbocycles. The molecule has 0 saturated carbocycles. The lowest BCUT2D eigenvalue weighted by Crippen LogP contribution is -2.27. The predicted molar refractivity (Wildman–Crippen MR) is 126 cm³/mol. The Labute approximate surface area is 192 Å². The zero-order valence-corrected chi connectivity index (χ0v) is 19.1. The SMILES string of the molecule is Cc1ccc(-n2c(SCC(=O)NCCc3cccc(Cl)c3)nnc2N2CCCC2)cc1. The van der Waals surface area contributed by atoms with E-state index in [-0.39, 0.29) is 5.91 Å². The highest BCUT2D eigenvalue weighted by Gasteiger charge is 2.22. The van der Waals surface area contributed by atoms with E-state index in [1.54, 1.807) is 0 Å². The molecule has 8 heteroatoms. The van der Waals surface area contributed by atoms with Crippen LogP contribution in [0.3, 0.4) is 0 Å². The number of carbonyl (C=O) groups is 1. The van der Waals surface area contributed by atoms with Gasteiger partial charge in [0.05, 0.1) is 11.4 Å². The van der Waals surface area contributed by atoms with Crippen molar-refractivity contribution in [1.82, 2.24) is 20.1 Å². The topological polar surface area (TPSA) is 63.1 Å². The molecular formula is C23H26ClN5OS. The van der Waals surface area contributed by atoms with E-state index < -0.39 is 0 Å². The molecule has 1 aliphatic rings. The maximum Gasteiger partial charge on any atom is 0.232 e. The summed E-state index contributed by atoms with van der Waals surface area (Å²) in [5.74, 6) is 1.12. The molecule has 162 valence electrons. The molecule has 2 heterocycles. The summed E-state index contributed by atoms with van der Waals surface area (Å²) in [4.78, 5) is 14.7. The van der Waals surface area contributed by atoms with Crippen LogP contribution < -0.4 is 10.2 Å². The number of hydrogen-bond acceptors (Lipinski definition) is 5. The van der Waals surface area contributed by atoms with Crippen molar-refractivity contribution in [2.75, 3.05) is 30.3 Å². The van der Waals surface area contributed by atoms with Crippen LogP contribution in [0.15, 0.2) is 53.7 Å². The van der Waals surface area contributed by atoms with Crippen LogP contribution in [0.2, 0.25) is 5.02 Å². The summed E-state index contributed by atoms with van der Waals surface area (Å²) < 4.78 is 2.06. The van der Waals surface area contributed by atoms with E-state index in [1.807, 2.05) is 24.3 Å². The van der Waals surface area contributed by atoms with Gasteiger partial charge in [-0.2, -0.15) is 0 Å². The Morgan fingerprint density at radius 3 is 2.65 bits per heavy atom. The summed E-state index contributed by atoms with van der Waals surface area (Å²) in [6.45, 7) is 4.61. The molecule has 0 atom stereocenters. The van der Waals surface area contributed by atoms with Crippen molar-refractivity contribution in [3.05, 3.63) is 64.7 Å². The van der Waals surface area contributed by atoms with Crippen molar-refractivity contribution >= 4 is 35.2 Å². The summed E-state index contributed by atoms with van der Waals surface area (Å²) in [6, 6.07) is 16.0. The van der Waals surface area contributed by atoms with Gasteiger partial charge in [0, 0.05) is 24.7 Å². The molecule has 0 spiro atoms. The highest BCUT2D eigenvalue weighted by molar-refractivity contribution is 7.99. The predicted octanol–water partition coefficient (Wildman–Crippen LogP) is 4.28. The molecular weight excluding hydrogens is 430 g/mol. The molecule has 1 aromatic heterocycles. The number of nitrogens with zero attached hydrogens (tertiary/aromatic N) is 4. The second-order valence-corrected chi connectivity index (χ2v) is 9.05. The Bertz CT molecular complexity index is 1030. The number of anilines is 1. The van der Waals surface area contributed by atoms with E-state index in [0.29, 0.717) is 17.3 Å². The molecule has 0 bridgehead atoms. The van der Waals surface area contributed by atoms with E-state index in [1.165, 1.54) is 17.3 Å². The second-order valence-electron chi connectivity index (χ2n) is 7.67. The normalized spacial score (nSPS) is 13.5. The lowest BCUT2D eigenvalue weighted by atomic mass is 10.1. The Morgan fingerprint density at radius 2 is 1.90 bits per heavy atom. The zero-order chi connectivity index (χ0) is 21.6. The van der Waals surface area contributed by atoms with Gasteiger partial charge in [-0.15, -0.1) is 10.2 Å². The van der Waals surface area contributed by atoms with E-state index in [9.17, 15) is 4.79 Å². The maximum atomic E-state index is 12.4. The Kier molecular flexibility index (Phi) is 7.14. The minimum absolute atomic E-state index is 0.0202. The number of aromatic nitrogens is 3. The third kappa shape index (κ3) is 5.60. The van der Waals surface area contributed by atoms with Gasteiger partial charge < -0.3 is 10.2 Å². The van der Waals surface area contributed by atoms with Crippen molar-refractivity contribution in [2.45, 2.75) is 31.3 Å². The van der Waals surface area contributed by atoms with Crippen molar-refractivity contribution in [1.29, 1.82) is 0 Å². The lowest BCUT2D eigenvalue weighted by molar-refractivity contribution is -0.118. The summed E-state index contributed by atoms with van der Waals surface area (Å²) >= 11 is 7.43. The number of thioether (sulfide) groups is 1. The van der Waals surface area contributed by atoms with Crippen LogP contribution in [0.1, 0.15) is 24.0 Å². The van der Waals surface area contributed by atoms with Gasteiger partial charge >= 0.3 is 0 Å². The molecule has 6 nitrogen and oxygen atoms in total. The van der Waals surface area contributed by atoms with Gasteiger partial charge in [0.25, 0.3) is 0 Å². The van der Waals surface area contributed by atoms with Crippen molar-refractivity contribution in [3.63, 3.8) is 0 Å². The summed E-state index contributed by atoms with van der Waals surface area (Å²) in [6.07, 6.45) is 3.08. The first-order valence-electron chi connectivity index (χ1n) is 10.5. The molecule has 31 heavy (non-hydrogen) atoms. The number of hydrogen-bond donors (Lipinski definition) is 1. The first-order valence-corrected chi connectivity index (χ1v) is 11.9. The van der Waals surface area contributed by atoms with Crippen LogP contribution in [-0.2, 0) is 11.2 Å². The van der Waals surface area contributed by atoms with Gasteiger partial charge in [0.2, 0.25) is 11.9 Å². The monoisotopic (exact) mass is 455 g/mol. The second kappa shape index (κ2) is 10.2. The first kappa shape index (κ1) is 21.7. The summed E-state index contributed by atoms with van der Waals surface area (Å²) in [5, 5.41) is 13.3. The van der Waals surface area contributed by atoms with Crippen LogP contribution in [0.4, 0.5) is 5.95 Å². The van der Waals surface area contributed by atoms with Crippen molar-refractivity contribution < 1.29 is 4.79 Å². The number of halogens is 1. The fraction of sp³-hybridized carbons (Fsp3) is 0.348. The molecule has 0 unspecified atom stereocenters. The van der Waals surface area contributed by atoms with Crippen molar-refractivity contribution in [2.24, 2.45) is 0 Å². The molecule has 1 amide bonds. The van der Waals surface area contributed by atoms with E-state index in [0.717, 1.165) is 54.7 Å². The third-order valence-corrected chi connectivity index (χ3v) is 6.42. The molecule has 0 aliphatic carbocycles. The Hall–Kier alpha value is -2.51. The minimum atomic E-state index is -0.0202. The largest absolute Gasteiger partial charge is 0.355 e. The van der Waals surface area contributed by atoms with E-state index >= 15 is 0 Å². The van der Waals surface area contributed by atoms with Crippen LogP contribution in [0.5, 0.6) is 0 Å². The molecule has 3 aromatic rings. The summed E-state index contributed by atoms with van der Waals surface area (Å²) in [5.41, 5.74) is 3.32. The average Bonchev–Trinajstić information content (AvgIpc) is 3.43. The van der Waals surface area contributed by atoms with Gasteiger partial charge in [-0.3, -0.25) is 9.36 Å². The fourth-order valence-electron chi connectivity index (χ4n) is 3.62. The van der Waals surface area contributed by atoms with Crippen LogP contribution >= 0.6 is 23.4 Å². The number of amides is 1. The smallest absolute Gasteiger partial charge is 0.232 e. The van der Waals surface area contributed by atoms with Gasteiger partial charge in [-0.05, 0) is 56.0 Å². The highest BCUT2D eigenvalue weighted by atomic mass is 35.5. The number of rotatable bonds is 8. The van der Waals surface area contributed by atoms with Gasteiger partial charge in [-0.25, -0.2) is 0 Å². The van der Waals surface area contributed by atoms with E-state index in [2.05, 4.69) is 56.2 Å². The molecule has 1 saturated heterocycles. The summed E-state index contributed by atoms with van der Waals surface area (Å²) in [7, 11) is 0. The molecule has 1 N–H and O–H groups in total. The first-order chi connectivity index (χ1) is 15.1. The zero-order valence-electron chi connectivity index (χ0n) is 17.6. The quantitative estimate of drug-likeness (QED) is 0.513. The molecule has 0 radical (unpaired) electrons. The van der Waals surface area contributed by atoms with Gasteiger partial charge in [0.15, 0.2) is 5.16 Å². The van der Waals surface area contributed by atoms with Crippen LogP contribution in [-0.4, -0.2) is 46.1 Å². The highest BCUT2D eigenvalue weighted by Crippen LogP contribution is 2.28. The molecule has 4 rings (SSSR count). The fourth-order valence-corrected chi connectivity index (χ4v) is 4.61. The van der Waals surface area contributed by atoms with Crippen molar-refractivity contribution in [3.8, 4) is 5.69 Å². The van der Waals surface area contributed by atoms with Crippen LogP contribution in [0, 0.1) is 6.92 Å². The van der Waals surface area contributed by atoms with Crippen LogP contribution in [0.25, 0.3) is 5.69 Å². The number of aryl methyl sites for hydroxylation is 1. The number of benzene rings is 2. The van der Waals surface area contributed by atoms with Gasteiger partial charge in [0.1, 0.15) is 0 Å². The van der Waals surface area contributed by atoms with E-state index in [4.69, 9.17) is 11.6 Å². The molecule has 1 fully saturated rings. The lowest BCUT2D eigenvalue weighted by Gasteiger charge is -2.18. The standard InChI is InChI=1S/C23H26ClN5OS/c1-17-7-9-20(10-8-17)29-22(28-13-2-3-14-28)26-27-23(29)31-16-21(30)25-12-11-18-5-4-6-19(24)15-18/h4-10,15H,2-3,11-14,16H2,1H3,(H,25,30). The van der Waals surface area contributed by atoms with Gasteiger partial charge in [-0.1, -0.05) is 53.2 Å². The number of carbonyl (C=O) groups excluding carboxylic acids is 1.